The van der Waals surface area contributed by atoms with Gasteiger partial charge >= 0.3 is 0 Å². The molecule has 1 heterocycles. The fraction of sp³-hybridized carbons (Fsp3) is 0.333. The van der Waals surface area contributed by atoms with Crippen molar-refractivity contribution in [3.63, 3.8) is 0 Å². The van der Waals surface area contributed by atoms with Crippen molar-refractivity contribution < 1.29 is 23.8 Å². The van der Waals surface area contributed by atoms with E-state index in [1.54, 1.807) is 6.07 Å². The molecule has 0 bridgehead atoms. The summed E-state index contributed by atoms with van der Waals surface area (Å²) in [5.41, 5.74) is 6.37. The molecule has 2 aromatic carbocycles. The van der Waals surface area contributed by atoms with E-state index in [4.69, 9.17) is 31.5 Å². The second-order valence-electron chi connectivity index (χ2n) is 6.99. The molecule has 1 atom stereocenters. The lowest BCUT2D eigenvalue weighted by atomic mass is 9.95. The average molecular weight is 419 g/mol. The Morgan fingerprint density at radius 1 is 1.14 bits per heavy atom. The molecule has 29 heavy (non-hydrogen) atoms. The van der Waals surface area contributed by atoms with Gasteiger partial charge in [0.2, 0.25) is 0 Å². The highest BCUT2D eigenvalue weighted by Gasteiger charge is 2.22. The number of hydrogen-bond donors (Lipinski definition) is 2. The zero-order valence-electron chi connectivity index (χ0n) is 16.2. The summed E-state index contributed by atoms with van der Waals surface area (Å²) in [6.07, 6.45) is 0. The quantitative estimate of drug-likeness (QED) is 0.719. The van der Waals surface area contributed by atoms with Crippen LogP contribution in [0.1, 0.15) is 35.8 Å². The van der Waals surface area contributed by atoms with E-state index in [-0.39, 0.29) is 35.8 Å². The molecule has 3 rings (SSSR count). The SMILES string of the molecule is CC(C)[C@H](NC(=O)COc1ccc(Cl)cc1C(N)=O)c1ccc2c(c1)OCCO2. The molecular formula is C21H23ClN2O5. The Morgan fingerprint density at radius 3 is 2.55 bits per heavy atom. The van der Waals surface area contributed by atoms with E-state index in [0.29, 0.717) is 29.7 Å². The molecule has 0 radical (unpaired) electrons. The van der Waals surface area contributed by atoms with Gasteiger partial charge in [0.25, 0.3) is 11.8 Å². The highest BCUT2D eigenvalue weighted by atomic mass is 35.5. The molecule has 0 unspecified atom stereocenters. The van der Waals surface area contributed by atoms with Gasteiger partial charge in [0, 0.05) is 5.02 Å². The molecule has 2 aromatic rings. The lowest BCUT2D eigenvalue weighted by Gasteiger charge is -2.25. The number of primary amides is 1. The third-order valence-corrected chi connectivity index (χ3v) is 4.71. The molecule has 0 saturated carbocycles. The van der Waals surface area contributed by atoms with Gasteiger partial charge < -0.3 is 25.3 Å². The van der Waals surface area contributed by atoms with Crippen molar-refractivity contribution in [1.82, 2.24) is 5.32 Å². The van der Waals surface area contributed by atoms with Crippen LogP contribution in [0.25, 0.3) is 0 Å². The molecule has 0 saturated heterocycles. The molecule has 0 aliphatic carbocycles. The molecule has 2 amide bonds. The van der Waals surface area contributed by atoms with E-state index < -0.39 is 5.91 Å². The summed E-state index contributed by atoms with van der Waals surface area (Å²) < 4.78 is 16.7. The molecule has 0 spiro atoms. The van der Waals surface area contributed by atoms with Gasteiger partial charge in [-0.3, -0.25) is 9.59 Å². The van der Waals surface area contributed by atoms with Crippen molar-refractivity contribution in [1.29, 1.82) is 0 Å². The minimum absolute atomic E-state index is 0.123. The van der Waals surface area contributed by atoms with Crippen molar-refractivity contribution in [3.05, 3.63) is 52.5 Å². The van der Waals surface area contributed by atoms with E-state index in [2.05, 4.69) is 5.32 Å². The number of halogens is 1. The first kappa shape index (κ1) is 20.8. The van der Waals surface area contributed by atoms with Crippen LogP contribution in [0.5, 0.6) is 17.2 Å². The zero-order valence-corrected chi connectivity index (χ0v) is 17.0. The van der Waals surface area contributed by atoms with Crippen LogP contribution in [0.3, 0.4) is 0 Å². The fourth-order valence-corrected chi connectivity index (χ4v) is 3.24. The van der Waals surface area contributed by atoms with E-state index in [0.717, 1.165) is 5.56 Å². The van der Waals surface area contributed by atoms with E-state index in [1.807, 2.05) is 32.0 Å². The summed E-state index contributed by atoms with van der Waals surface area (Å²) in [4.78, 5) is 24.1. The maximum atomic E-state index is 12.5. The Hall–Kier alpha value is -2.93. The minimum atomic E-state index is -0.681. The molecule has 1 aliphatic heterocycles. The Morgan fingerprint density at radius 2 is 1.86 bits per heavy atom. The van der Waals surface area contributed by atoms with Crippen LogP contribution in [0, 0.1) is 5.92 Å². The van der Waals surface area contributed by atoms with Gasteiger partial charge in [-0.2, -0.15) is 0 Å². The molecule has 7 nitrogen and oxygen atoms in total. The Bertz CT molecular complexity index is 916. The first-order valence-corrected chi connectivity index (χ1v) is 9.64. The highest BCUT2D eigenvalue weighted by Crippen LogP contribution is 2.34. The summed E-state index contributed by atoms with van der Waals surface area (Å²) in [6, 6.07) is 9.86. The van der Waals surface area contributed by atoms with Crippen LogP contribution in [-0.4, -0.2) is 31.6 Å². The number of nitrogens with one attached hydrogen (secondary N) is 1. The number of fused-ring (bicyclic) bond motifs is 1. The summed E-state index contributed by atoms with van der Waals surface area (Å²) >= 11 is 5.88. The lowest BCUT2D eigenvalue weighted by molar-refractivity contribution is -0.124. The van der Waals surface area contributed by atoms with Crippen LogP contribution >= 0.6 is 11.6 Å². The summed E-state index contributed by atoms with van der Waals surface area (Å²) in [6.45, 7) is 4.76. The number of nitrogens with two attached hydrogens (primary N) is 1. The van der Waals surface area contributed by atoms with Gasteiger partial charge in [-0.15, -0.1) is 0 Å². The Labute approximate surface area is 174 Å². The van der Waals surface area contributed by atoms with Crippen molar-refractivity contribution in [2.24, 2.45) is 11.7 Å². The van der Waals surface area contributed by atoms with Crippen LogP contribution in [0.15, 0.2) is 36.4 Å². The number of amides is 2. The van der Waals surface area contributed by atoms with E-state index in [1.165, 1.54) is 12.1 Å². The standard InChI is InChI=1S/C21H23ClN2O5/c1-12(2)20(13-3-5-17-18(9-13)28-8-7-27-17)24-19(25)11-29-16-6-4-14(22)10-15(16)21(23)26/h3-6,9-10,12,20H,7-8,11H2,1-2H3,(H2,23,26)(H,24,25)/t20-/m0/s1. The van der Waals surface area contributed by atoms with Crippen molar-refractivity contribution in [2.45, 2.75) is 19.9 Å². The number of carbonyl (C=O) groups is 2. The lowest BCUT2D eigenvalue weighted by Crippen LogP contribution is -2.35. The maximum Gasteiger partial charge on any atom is 0.258 e. The van der Waals surface area contributed by atoms with Crippen molar-refractivity contribution in [3.8, 4) is 17.2 Å². The van der Waals surface area contributed by atoms with Gasteiger partial charge in [-0.25, -0.2) is 0 Å². The number of carbonyl (C=O) groups excluding carboxylic acids is 2. The first-order valence-electron chi connectivity index (χ1n) is 9.26. The summed E-state index contributed by atoms with van der Waals surface area (Å²) in [5.74, 6) is 0.676. The number of rotatable bonds is 7. The molecule has 8 heteroatoms. The molecule has 0 aromatic heterocycles. The monoisotopic (exact) mass is 418 g/mol. The zero-order chi connectivity index (χ0) is 21.0. The molecule has 3 N–H and O–H groups in total. The minimum Gasteiger partial charge on any atom is -0.486 e. The largest absolute Gasteiger partial charge is 0.486 e. The van der Waals surface area contributed by atoms with Gasteiger partial charge in [0.15, 0.2) is 18.1 Å². The van der Waals surface area contributed by atoms with E-state index >= 15 is 0 Å². The first-order chi connectivity index (χ1) is 13.8. The van der Waals surface area contributed by atoms with Crippen molar-refractivity contribution in [2.75, 3.05) is 19.8 Å². The Balaban J connectivity index is 1.69. The molecule has 154 valence electrons. The third kappa shape index (κ3) is 5.12. The molecular weight excluding hydrogens is 396 g/mol. The van der Waals surface area contributed by atoms with Gasteiger partial charge in [0.1, 0.15) is 19.0 Å². The highest BCUT2D eigenvalue weighted by molar-refractivity contribution is 6.31. The number of ether oxygens (including phenoxy) is 3. The summed E-state index contributed by atoms with van der Waals surface area (Å²) in [7, 11) is 0. The smallest absolute Gasteiger partial charge is 0.258 e. The van der Waals surface area contributed by atoms with Crippen LogP contribution in [0.2, 0.25) is 5.02 Å². The third-order valence-electron chi connectivity index (χ3n) is 4.47. The average Bonchev–Trinajstić information content (AvgIpc) is 2.70. The fourth-order valence-electron chi connectivity index (χ4n) is 3.07. The number of hydrogen-bond acceptors (Lipinski definition) is 5. The van der Waals surface area contributed by atoms with Crippen molar-refractivity contribution >= 4 is 23.4 Å². The normalized spacial score (nSPS) is 13.7. The molecule has 0 fully saturated rings. The topological polar surface area (TPSA) is 99.9 Å². The van der Waals surface area contributed by atoms with Crippen LogP contribution in [-0.2, 0) is 4.79 Å². The van der Waals surface area contributed by atoms with Crippen LogP contribution in [0.4, 0.5) is 0 Å². The second-order valence-corrected chi connectivity index (χ2v) is 7.42. The second kappa shape index (κ2) is 9.05. The predicted molar refractivity (Wildman–Crippen MR) is 109 cm³/mol. The van der Waals surface area contributed by atoms with Gasteiger partial charge in [0.05, 0.1) is 11.6 Å². The Kier molecular flexibility index (Phi) is 6.49. The van der Waals surface area contributed by atoms with Gasteiger partial charge in [-0.05, 0) is 41.8 Å². The predicted octanol–water partition coefficient (Wildman–Crippen LogP) is 3.10. The summed E-state index contributed by atoms with van der Waals surface area (Å²) in [5, 5.41) is 3.32. The molecule has 1 aliphatic rings. The van der Waals surface area contributed by atoms with E-state index in [9.17, 15) is 9.59 Å². The van der Waals surface area contributed by atoms with Crippen LogP contribution < -0.4 is 25.3 Å². The maximum absolute atomic E-state index is 12.5. The number of benzene rings is 2. The van der Waals surface area contributed by atoms with Gasteiger partial charge in [-0.1, -0.05) is 31.5 Å².